The number of hydrogen-bond donors (Lipinski definition) is 2. The van der Waals surface area contributed by atoms with Gasteiger partial charge in [-0.25, -0.2) is 0 Å². The SMILES string of the molecule is CCCCCCCCCCCCNC(=O)C[C@H](C)C(=O)O. The van der Waals surface area contributed by atoms with Gasteiger partial charge in [-0.3, -0.25) is 9.59 Å². The molecule has 124 valence electrons. The summed E-state index contributed by atoms with van der Waals surface area (Å²) < 4.78 is 0. The molecule has 1 atom stereocenters. The van der Waals surface area contributed by atoms with E-state index in [2.05, 4.69) is 12.2 Å². The topological polar surface area (TPSA) is 66.4 Å². The molecule has 0 rings (SSSR count). The quantitative estimate of drug-likeness (QED) is 0.474. The minimum Gasteiger partial charge on any atom is -0.481 e. The van der Waals surface area contributed by atoms with E-state index in [9.17, 15) is 9.59 Å². The maximum Gasteiger partial charge on any atom is 0.306 e. The van der Waals surface area contributed by atoms with Crippen molar-refractivity contribution in [1.82, 2.24) is 5.32 Å². The monoisotopic (exact) mass is 299 g/mol. The first-order chi connectivity index (χ1) is 10.1. The summed E-state index contributed by atoms with van der Waals surface area (Å²) in [7, 11) is 0. The smallest absolute Gasteiger partial charge is 0.306 e. The van der Waals surface area contributed by atoms with Crippen LogP contribution in [0.5, 0.6) is 0 Å². The van der Waals surface area contributed by atoms with Crippen molar-refractivity contribution >= 4 is 11.9 Å². The van der Waals surface area contributed by atoms with Crippen molar-refractivity contribution in [2.24, 2.45) is 5.92 Å². The van der Waals surface area contributed by atoms with Crippen LogP contribution < -0.4 is 5.32 Å². The van der Waals surface area contributed by atoms with Gasteiger partial charge in [-0.15, -0.1) is 0 Å². The van der Waals surface area contributed by atoms with E-state index in [1.54, 1.807) is 6.92 Å². The Morgan fingerprint density at radius 3 is 1.86 bits per heavy atom. The Morgan fingerprint density at radius 2 is 1.38 bits per heavy atom. The minimum atomic E-state index is -0.913. The van der Waals surface area contributed by atoms with Crippen molar-refractivity contribution in [3.63, 3.8) is 0 Å². The fourth-order valence-corrected chi connectivity index (χ4v) is 2.28. The van der Waals surface area contributed by atoms with E-state index in [0.717, 1.165) is 12.8 Å². The summed E-state index contributed by atoms with van der Waals surface area (Å²) >= 11 is 0. The van der Waals surface area contributed by atoms with E-state index in [1.807, 2.05) is 0 Å². The first-order valence-electron chi connectivity index (χ1n) is 8.57. The van der Waals surface area contributed by atoms with Crippen LogP contribution in [-0.4, -0.2) is 23.5 Å². The van der Waals surface area contributed by atoms with Crippen molar-refractivity contribution in [3.8, 4) is 0 Å². The summed E-state index contributed by atoms with van der Waals surface area (Å²) in [6, 6.07) is 0. The predicted molar refractivity (Wildman–Crippen MR) is 86.3 cm³/mol. The molecule has 4 heteroatoms. The van der Waals surface area contributed by atoms with Crippen LogP contribution in [0, 0.1) is 5.92 Å². The molecule has 0 aliphatic carbocycles. The lowest BCUT2D eigenvalue weighted by Gasteiger charge is -2.07. The number of aliphatic carboxylic acids is 1. The highest BCUT2D eigenvalue weighted by Gasteiger charge is 2.14. The van der Waals surface area contributed by atoms with Crippen molar-refractivity contribution in [3.05, 3.63) is 0 Å². The number of nitrogens with one attached hydrogen (secondary N) is 1. The van der Waals surface area contributed by atoms with Crippen LogP contribution in [0.2, 0.25) is 0 Å². The average molecular weight is 299 g/mol. The van der Waals surface area contributed by atoms with Crippen LogP contribution >= 0.6 is 0 Å². The van der Waals surface area contributed by atoms with Crippen LogP contribution in [-0.2, 0) is 9.59 Å². The number of amides is 1. The van der Waals surface area contributed by atoms with E-state index in [4.69, 9.17) is 5.11 Å². The Morgan fingerprint density at radius 1 is 0.905 bits per heavy atom. The second-order valence-corrected chi connectivity index (χ2v) is 5.98. The van der Waals surface area contributed by atoms with Crippen molar-refractivity contribution in [1.29, 1.82) is 0 Å². The molecule has 1 amide bonds. The molecular formula is C17H33NO3. The van der Waals surface area contributed by atoms with Gasteiger partial charge >= 0.3 is 5.97 Å². The molecule has 0 aliphatic heterocycles. The van der Waals surface area contributed by atoms with Gasteiger partial charge in [0.05, 0.1) is 5.92 Å². The van der Waals surface area contributed by atoms with Gasteiger partial charge in [-0.1, -0.05) is 71.6 Å². The highest BCUT2D eigenvalue weighted by molar-refractivity contribution is 5.81. The number of carboxylic acid groups (broad SMARTS) is 1. The zero-order valence-corrected chi connectivity index (χ0v) is 13.8. The molecule has 0 aromatic heterocycles. The Kier molecular flexibility index (Phi) is 13.2. The Hall–Kier alpha value is -1.06. The Labute approximate surface area is 129 Å². The van der Waals surface area contributed by atoms with Crippen LogP contribution in [0.3, 0.4) is 0 Å². The molecule has 0 saturated carbocycles. The molecule has 0 unspecified atom stereocenters. The van der Waals surface area contributed by atoms with E-state index >= 15 is 0 Å². The highest BCUT2D eigenvalue weighted by Crippen LogP contribution is 2.10. The lowest BCUT2D eigenvalue weighted by Crippen LogP contribution is -2.27. The Bertz CT molecular complexity index is 279. The summed E-state index contributed by atoms with van der Waals surface area (Å²) in [5, 5.41) is 11.5. The van der Waals surface area contributed by atoms with Crippen molar-refractivity contribution in [2.45, 2.75) is 84.5 Å². The molecule has 2 N–H and O–H groups in total. The van der Waals surface area contributed by atoms with Gasteiger partial charge in [0.15, 0.2) is 0 Å². The number of carbonyl (C=O) groups excluding carboxylic acids is 1. The van der Waals surface area contributed by atoms with Crippen molar-refractivity contribution < 1.29 is 14.7 Å². The zero-order valence-electron chi connectivity index (χ0n) is 13.8. The minimum absolute atomic E-state index is 0.0765. The summed E-state index contributed by atoms with van der Waals surface area (Å²) in [6.45, 7) is 4.46. The van der Waals surface area contributed by atoms with Crippen LogP contribution in [0.4, 0.5) is 0 Å². The average Bonchev–Trinajstić information content (AvgIpc) is 2.44. The second kappa shape index (κ2) is 13.9. The van der Waals surface area contributed by atoms with E-state index < -0.39 is 11.9 Å². The van der Waals surface area contributed by atoms with Gasteiger partial charge < -0.3 is 10.4 Å². The highest BCUT2D eigenvalue weighted by atomic mass is 16.4. The summed E-state index contributed by atoms with van der Waals surface area (Å²) in [4.78, 5) is 22.1. The third kappa shape index (κ3) is 13.7. The largest absolute Gasteiger partial charge is 0.481 e. The van der Waals surface area contributed by atoms with Gasteiger partial charge in [-0.05, 0) is 6.42 Å². The number of carbonyl (C=O) groups is 2. The first-order valence-corrected chi connectivity index (χ1v) is 8.57. The van der Waals surface area contributed by atoms with Gasteiger partial charge in [0.2, 0.25) is 5.91 Å². The number of rotatable bonds is 14. The molecule has 4 nitrogen and oxygen atoms in total. The van der Waals surface area contributed by atoms with Gasteiger partial charge in [0, 0.05) is 13.0 Å². The molecule has 0 fully saturated rings. The van der Waals surface area contributed by atoms with Crippen LogP contribution in [0.15, 0.2) is 0 Å². The zero-order chi connectivity index (χ0) is 15.9. The molecule has 0 aromatic rings. The van der Waals surface area contributed by atoms with Crippen molar-refractivity contribution in [2.75, 3.05) is 6.54 Å². The number of hydrogen-bond acceptors (Lipinski definition) is 2. The molecule has 0 radical (unpaired) electrons. The summed E-state index contributed by atoms with van der Waals surface area (Å²) in [5.74, 6) is -1.66. The fourth-order valence-electron chi connectivity index (χ4n) is 2.28. The number of unbranched alkanes of at least 4 members (excludes halogenated alkanes) is 9. The lowest BCUT2D eigenvalue weighted by molar-refractivity contribution is -0.143. The molecular weight excluding hydrogens is 266 g/mol. The molecule has 21 heavy (non-hydrogen) atoms. The lowest BCUT2D eigenvalue weighted by atomic mass is 10.1. The second-order valence-electron chi connectivity index (χ2n) is 5.98. The summed E-state index contributed by atoms with van der Waals surface area (Å²) in [5.41, 5.74) is 0. The van der Waals surface area contributed by atoms with Gasteiger partial charge in [-0.2, -0.15) is 0 Å². The van der Waals surface area contributed by atoms with E-state index in [-0.39, 0.29) is 12.3 Å². The summed E-state index contributed by atoms with van der Waals surface area (Å²) in [6.07, 6.45) is 12.8. The fraction of sp³-hybridized carbons (Fsp3) is 0.882. The van der Waals surface area contributed by atoms with E-state index in [0.29, 0.717) is 6.54 Å². The maximum atomic E-state index is 11.4. The normalized spacial score (nSPS) is 12.1. The maximum absolute atomic E-state index is 11.4. The van der Waals surface area contributed by atoms with Crippen LogP contribution in [0.1, 0.15) is 84.5 Å². The standard InChI is InChI=1S/C17H33NO3/c1-3-4-5-6-7-8-9-10-11-12-13-18-16(19)14-15(2)17(20)21/h15H,3-14H2,1-2H3,(H,18,19)(H,20,21)/t15-/m0/s1. The molecule has 0 saturated heterocycles. The van der Waals surface area contributed by atoms with E-state index in [1.165, 1.54) is 51.4 Å². The Balaban J connectivity index is 3.25. The van der Waals surface area contributed by atoms with Gasteiger partial charge in [0.1, 0.15) is 0 Å². The third-order valence-corrected chi connectivity index (χ3v) is 3.77. The third-order valence-electron chi connectivity index (χ3n) is 3.77. The molecule has 0 spiro atoms. The molecule has 0 bridgehead atoms. The van der Waals surface area contributed by atoms with Crippen LogP contribution in [0.25, 0.3) is 0 Å². The molecule has 0 aromatic carbocycles. The number of carboxylic acids is 1. The van der Waals surface area contributed by atoms with Gasteiger partial charge in [0.25, 0.3) is 0 Å². The predicted octanol–water partition coefficient (Wildman–Crippen LogP) is 4.13. The first kappa shape index (κ1) is 19.9. The molecule has 0 aliphatic rings. The molecule has 0 heterocycles.